The fourth-order valence-electron chi connectivity index (χ4n) is 3.95. The number of rotatable bonds is 4. The zero-order chi connectivity index (χ0) is 18.1. The fraction of sp³-hybridized carbons (Fsp3) is 0.500. The molecule has 1 saturated carbocycles. The Morgan fingerprint density at radius 1 is 1.23 bits per heavy atom. The Kier molecular flexibility index (Phi) is 5.00. The number of ether oxygens (including phenoxy) is 1. The van der Waals surface area contributed by atoms with Crippen LogP contribution in [-0.2, 0) is 4.74 Å². The van der Waals surface area contributed by atoms with Gasteiger partial charge in [0.2, 0.25) is 0 Å². The van der Waals surface area contributed by atoms with Crippen molar-refractivity contribution in [3.63, 3.8) is 0 Å². The molecule has 0 bridgehead atoms. The molecule has 1 aliphatic carbocycles. The van der Waals surface area contributed by atoms with Crippen LogP contribution in [0.25, 0.3) is 0 Å². The van der Waals surface area contributed by atoms with Crippen LogP contribution in [0, 0.1) is 6.92 Å². The molecule has 2 heterocycles. The molecular weight excluding hydrogens is 350 g/mol. The van der Waals surface area contributed by atoms with Gasteiger partial charge in [-0.25, -0.2) is 0 Å². The van der Waals surface area contributed by atoms with E-state index >= 15 is 0 Å². The van der Waals surface area contributed by atoms with Crippen molar-refractivity contribution in [1.29, 1.82) is 0 Å². The Bertz CT molecular complexity index is 775. The van der Waals surface area contributed by atoms with Crippen molar-refractivity contribution in [1.82, 2.24) is 15.1 Å². The van der Waals surface area contributed by atoms with E-state index in [2.05, 4.69) is 22.5 Å². The first kappa shape index (κ1) is 17.6. The van der Waals surface area contributed by atoms with Crippen molar-refractivity contribution in [2.75, 3.05) is 13.2 Å². The molecule has 26 heavy (non-hydrogen) atoms. The van der Waals surface area contributed by atoms with Crippen LogP contribution in [0.15, 0.2) is 30.5 Å². The number of hydrogen-bond donors (Lipinski definition) is 1. The van der Waals surface area contributed by atoms with Gasteiger partial charge in [-0.3, -0.25) is 9.48 Å². The minimum absolute atomic E-state index is 0.0136. The lowest BCUT2D eigenvalue weighted by molar-refractivity contribution is 0.0656. The smallest absolute Gasteiger partial charge is 0.254 e. The average molecular weight is 374 g/mol. The summed E-state index contributed by atoms with van der Waals surface area (Å²) in [5.74, 6) is 0.490. The Morgan fingerprint density at radius 3 is 2.62 bits per heavy atom. The second-order valence-electron chi connectivity index (χ2n) is 7.32. The zero-order valence-corrected chi connectivity index (χ0v) is 15.7. The third-order valence-corrected chi connectivity index (χ3v) is 5.89. The summed E-state index contributed by atoms with van der Waals surface area (Å²) in [4.78, 5) is 12.6. The van der Waals surface area contributed by atoms with Gasteiger partial charge in [-0.2, -0.15) is 5.10 Å². The number of aromatic nitrogens is 2. The molecule has 2 aromatic rings. The Labute approximate surface area is 158 Å². The molecule has 1 aliphatic heterocycles. The fourth-order valence-corrected chi connectivity index (χ4v) is 4.08. The molecule has 0 unspecified atom stereocenters. The van der Waals surface area contributed by atoms with Crippen molar-refractivity contribution in [2.45, 2.75) is 50.6 Å². The van der Waals surface area contributed by atoms with Gasteiger partial charge in [0.1, 0.15) is 0 Å². The van der Waals surface area contributed by atoms with E-state index in [1.54, 1.807) is 6.20 Å². The summed E-state index contributed by atoms with van der Waals surface area (Å²) >= 11 is 5.94. The first-order valence-electron chi connectivity index (χ1n) is 9.30. The van der Waals surface area contributed by atoms with Crippen molar-refractivity contribution < 1.29 is 9.53 Å². The van der Waals surface area contributed by atoms with Gasteiger partial charge in [0.25, 0.3) is 5.91 Å². The van der Waals surface area contributed by atoms with Gasteiger partial charge in [0.15, 0.2) is 0 Å². The second kappa shape index (κ2) is 7.41. The van der Waals surface area contributed by atoms with E-state index in [-0.39, 0.29) is 11.9 Å². The first-order chi connectivity index (χ1) is 12.6. The second-order valence-corrected chi connectivity index (χ2v) is 7.76. The number of amides is 1. The van der Waals surface area contributed by atoms with E-state index in [9.17, 15) is 4.79 Å². The van der Waals surface area contributed by atoms with Gasteiger partial charge in [-0.1, -0.05) is 23.7 Å². The van der Waals surface area contributed by atoms with Crippen LogP contribution >= 0.6 is 11.6 Å². The molecule has 1 N–H and O–H groups in total. The predicted molar refractivity (Wildman–Crippen MR) is 101 cm³/mol. The third kappa shape index (κ3) is 3.51. The van der Waals surface area contributed by atoms with Crippen molar-refractivity contribution in [2.24, 2.45) is 0 Å². The van der Waals surface area contributed by atoms with E-state index < -0.39 is 0 Å². The predicted octanol–water partition coefficient (Wildman–Crippen LogP) is 3.87. The van der Waals surface area contributed by atoms with Gasteiger partial charge in [-0.15, -0.1) is 0 Å². The minimum atomic E-state index is -0.0136. The lowest BCUT2D eigenvalue weighted by Gasteiger charge is -2.36. The molecule has 5 nitrogen and oxygen atoms in total. The van der Waals surface area contributed by atoms with Crippen LogP contribution < -0.4 is 5.32 Å². The van der Waals surface area contributed by atoms with Crippen molar-refractivity contribution >= 4 is 17.5 Å². The third-order valence-electron chi connectivity index (χ3n) is 5.64. The normalized spacial score (nSPS) is 23.5. The molecule has 4 rings (SSSR count). The van der Waals surface area contributed by atoms with E-state index in [1.165, 1.54) is 5.56 Å². The van der Waals surface area contributed by atoms with Gasteiger partial charge >= 0.3 is 0 Å². The molecule has 1 saturated heterocycles. The lowest BCUT2D eigenvalue weighted by atomic mass is 9.76. The number of benzene rings is 1. The Hall–Kier alpha value is -1.85. The standard InChI is InChI=1S/C20H24ClN3O2/c1-13-19(12-22-24(13)18-6-8-26-9-7-18)20(25)23-17-10-15(11-17)14-2-4-16(21)5-3-14/h2-5,12,15,17-18H,6-11H2,1H3,(H,23,25). The zero-order valence-electron chi connectivity index (χ0n) is 15.0. The summed E-state index contributed by atoms with van der Waals surface area (Å²) in [5.41, 5.74) is 2.93. The van der Waals surface area contributed by atoms with Crippen LogP contribution in [0.4, 0.5) is 0 Å². The molecule has 6 heteroatoms. The number of carbonyl (C=O) groups excluding carboxylic acids is 1. The average Bonchev–Trinajstić information content (AvgIpc) is 3.01. The number of halogens is 1. The maximum absolute atomic E-state index is 12.6. The molecular formula is C20H24ClN3O2. The van der Waals surface area contributed by atoms with Crippen LogP contribution in [-0.4, -0.2) is 34.9 Å². The molecule has 1 aromatic carbocycles. The topological polar surface area (TPSA) is 56.2 Å². The number of nitrogens with zero attached hydrogens (tertiary/aromatic N) is 2. The molecule has 0 spiro atoms. The highest BCUT2D eigenvalue weighted by Crippen LogP contribution is 2.37. The van der Waals surface area contributed by atoms with E-state index in [0.717, 1.165) is 49.6 Å². The highest BCUT2D eigenvalue weighted by atomic mass is 35.5. The molecule has 138 valence electrons. The molecule has 0 radical (unpaired) electrons. The largest absolute Gasteiger partial charge is 0.381 e. The summed E-state index contributed by atoms with van der Waals surface area (Å²) in [6.07, 6.45) is 5.56. The monoisotopic (exact) mass is 373 g/mol. The van der Waals surface area contributed by atoms with Crippen LogP contribution in [0.2, 0.25) is 5.02 Å². The molecule has 2 aliphatic rings. The Balaban J connectivity index is 1.34. The summed E-state index contributed by atoms with van der Waals surface area (Å²) in [7, 11) is 0. The molecule has 2 fully saturated rings. The highest BCUT2D eigenvalue weighted by Gasteiger charge is 2.32. The summed E-state index contributed by atoms with van der Waals surface area (Å²) in [6.45, 7) is 3.51. The van der Waals surface area contributed by atoms with E-state index in [1.807, 2.05) is 23.7 Å². The summed E-state index contributed by atoms with van der Waals surface area (Å²) in [6, 6.07) is 8.57. The van der Waals surface area contributed by atoms with Crippen LogP contribution in [0.5, 0.6) is 0 Å². The quantitative estimate of drug-likeness (QED) is 0.885. The molecule has 1 aromatic heterocycles. The van der Waals surface area contributed by atoms with E-state index in [4.69, 9.17) is 16.3 Å². The minimum Gasteiger partial charge on any atom is -0.381 e. The maximum Gasteiger partial charge on any atom is 0.254 e. The SMILES string of the molecule is Cc1c(C(=O)NC2CC(c3ccc(Cl)cc3)C2)cnn1C1CCOCC1. The number of hydrogen-bond acceptors (Lipinski definition) is 3. The van der Waals surface area contributed by atoms with Gasteiger partial charge in [-0.05, 0) is 56.2 Å². The van der Waals surface area contributed by atoms with Gasteiger partial charge in [0.05, 0.1) is 17.8 Å². The van der Waals surface area contributed by atoms with E-state index in [0.29, 0.717) is 17.5 Å². The van der Waals surface area contributed by atoms with Gasteiger partial charge < -0.3 is 10.1 Å². The molecule has 0 atom stereocenters. The molecule has 1 amide bonds. The summed E-state index contributed by atoms with van der Waals surface area (Å²) in [5, 5.41) is 8.39. The van der Waals surface area contributed by atoms with Crippen molar-refractivity contribution in [3.8, 4) is 0 Å². The highest BCUT2D eigenvalue weighted by molar-refractivity contribution is 6.30. The number of nitrogens with one attached hydrogen (secondary N) is 1. The van der Waals surface area contributed by atoms with Crippen molar-refractivity contribution in [3.05, 3.63) is 52.3 Å². The summed E-state index contributed by atoms with van der Waals surface area (Å²) < 4.78 is 7.41. The van der Waals surface area contributed by atoms with Gasteiger partial charge in [0, 0.05) is 30.0 Å². The van der Waals surface area contributed by atoms with Crippen LogP contribution in [0.3, 0.4) is 0 Å². The first-order valence-corrected chi connectivity index (χ1v) is 9.68. The Morgan fingerprint density at radius 2 is 1.92 bits per heavy atom. The van der Waals surface area contributed by atoms with Crippen LogP contribution in [0.1, 0.15) is 59.3 Å². The maximum atomic E-state index is 12.6. The number of carbonyl (C=O) groups is 1. The lowest BCUT2D eigenvalue weighted by Crippen LogP contribution is -2.43.